The average Bonchev–Trinajstić information content (AvgIpc) is 3.17. The average molecular weight is 322 g/mol. The molecular weight excluding hydrogens is 300 g/mol. The Hall–Kier alpha value is -2.62. The number of anilines is 2. The standard InChI is InChI=1S/C20H22N2O2/c1-22(18-9-3-2-4-10-18)20(24)16-11-13-17(14-12-16)21-19(23)15-7-5-6-8-15/h2-4,9-15H,5-8H2,1H3,(H,21,23). The molecule has 124 valence electrons. The molecule has 0 bridgehead atoms. The number of para-hydroxylation sites is 1. The number of hydrogen-bond acceptors (Lipinski definition) is 2. The van der Waals surface area contributed by atoms with Gasteiger partial charge in [0.05, 0.1) is 0 Å². The normalized spacial score (nSPS) is 14.4. The lowest BCUT2D eigenvalue weighted by Crippen LogP contribution is -2.26. The zero-order chi connectivity index (χ0) is 16.9. The van der Waals surface area contributed by atoms with Crippen LogP contribution in [0.5, 0.6) is 0 Å². The van der Waals surface area contributed by atoms with E-state index in [1.54, 1.807) is 36.2 Å². The molecule has 0 aromatic heterocycles. The van der Waals surface area contributed by atoms with E-state index in [2.05, 4.69) is 5.32 Å². The van der Waals surface area contributed by atoms with Gasteiger partial charge in [-0.2, -0.15) is 0 Å². The van der Waals surface area contributed by atoms with E-state index in [1.807, 2.05) is 30.3 Å². The molecule has 0 saturated heterocycles. The van der Waals surface area contributed by atoms with Gasteiger partial charge in [0, 0.05) is 29.9 Å². The third kappa shape index (κ3) is 3.65. The Labute approximate surface area is 142 Å². The van der Waals surface area contributed by atoms with Crippen LogP contribution >= 0.6 is 0 Å². The van der Waals surface area contributed by atoms with Gasteiger partial charge in [0.25, 0.3) is 5.91 Å². The number of carbonyl (C=O) groups excluding carboxylic acids is 2. The smallest absolute Gasteiger partial charge is 0.258 e. The highest BCUT2D eigenvalue weighted by Crippen LogP contribution is 2.26. The molecule has 2 amide bonds. The van der Waals surface area contributed by atoms with Crippen LogP contribution in [-0.2, 0) is 4.79 Å². The van der Waals surface area contributed by atoms with Gasteiger partial charge in [-0.1, -0.05) is 31.0 Å². The molecule has 1 aliphatic rings. The number of rotatable bonds is 4. The highest BCUT2D eigenvalue weighted by atomic mass is 16.2. The first-order chi connectivity index (χ1) is 11.6. The lowest BCUT2D eigenvalue weighted by molar-refractivity contribution is -0.119. The van der Waals surface area contributed by atoms with Crippen molar-refractivity contribution in [3.63, 3.8) is 0 Å². The van der Waals surface area contributed by atoms with Crippen LogP contribution in [0.2, 0.25) is 0 Å². The van der Waals surface area contributed by atoms with Crippen molar-refractivity contribution in [3.8, 4) is 0 Å². The first-order valence-corrected chi connectivity index (χ1v) is 8.39. The molecule has 0 atom stereocenters. The summed E-state index contributed by atoms with van der Waals surface area (Å²) >= 11 is 0. The number of hydrogen-bond donors (Lipinski definition) is 1. The molecule has 2 aromatic rings. The number of benzene rings is 2. The van der Waals surface area contributed by atoms with Crippen LogP contribution in [0, 0.1) is 5.92 Å². The SMILES string of the molecule is CN(C(=O)c1ccc(NC(=O)C2CCCC2)cc1)c1ccccc1. The largest absolute Gasteiger partial charge is 0.326 e. The quantitative estimate of drug-likeness (QED) is 0.921. The molecule has 1 saturated carbocycles. The van der Waals surface area contributed by atoms with Crippen molar-refractivity contribution in [1.82, 2.24) is 0 Å². The van der Waals surface area contributed by atoms with Gasteiger partial charge in [0.2, 0.25) is 5.91 Å². The maximum absolute atomic E-state index is 12.5. The fraction of sp³-hybridized carbons (Fsp3) is 0.300. The van der Waals surface area contributed by atoms with E-state index < -0.39 is 0 Å². The second-order valence-electron chi connectivity index (χ2n) is 6.25. The van der Waals surface area contributed by atoms with Gasteiger partial charge in [-0.25, -0.2) is 0 Å². The predicted octanol–water partition coefficient (Wildman–Crippen LogP) is 4.09. The Kier molecular flexibility index (Phi) is 4.94. The molecule has 3 rings (SSSR count). The summed E-state index contributed by atoms with van der Waals surface area (Å²) < 4.78 is 0. The van der Waals surface area contributed by atoms with Gasteiger partial charge < -0.3 is 10.2 Å². The van der Waals surface area contributed by atoms with E-state index in [-0.39, 0.29) is 17.7 Å². The minimum absolute atomic E-state index is 0.0742. The van der Waals surface area contributed by atoms with Crippen molar-refractivity contribution < 1.29 is 9.59 Å². The van der Waals surface area contributed by atoms with Crippen molar-refractivity contribution in [2.24, 2.45) is 5.92 Å². The van der Waals surface area contributed by atoms with Crippen LogP contribution in [0.3, 0.4) is 0 Å². The first-order valence-electron chi connectivity index (χ1n) is 8.39. The van der Waals surface area contributed by atoms with Gasteiger partial charge in [0.1, 0.15) is 0 Å². The van der Waals surface area contributed by atoms with Crippen molar-refractivity contribution in [1.29, 1.82) is 0 Å². The Morgan fingerprint density at radius 3 is 2.21 bits per heavy atom. The molecular formula is C20H22N2O2. The summed E-state index contributed by atoms with van der Waals surface area (Å²) in [5, 5.41) is 2.95. The molecule has 1 aliphatic carbocycles. The summed E-state index contributed by atoms with van der Waals surface area (Å²) in [6.07, 6.45) is 4.23. The van der Waals surface area contributed by atoms with Crippen LogP contribution in [0.4, 0.5) is 11.4 Å². The second-order valence-corrected chi connectivity index (χ2v) is 6.25. The highest BCUT2D eigenvalue weighted by Gasteiger charge is 2.22. The van der Waals surface area contributed by atoms with Crippen molar-refractivity contribution in [2.75, 3.05) is 17.3 Å². The van der Waals surface area contributed by atoms with E-state index in [1.165, 1.54) is 0 Å². The molecule has 24 heavy (non-hydrogen) atoms. The van der Waals surface area contributed by atoms with E-state index in [0.29, 0.717) is 5.56 Å². The maximum atomic E-state index is 12.5. The zero-order valence-corrected chi connectivity index (χ0v) is 13.9. The molecule has 2 aromatic carbocycles. The minimum atomic E-state index is -0.0742. The van der Waals surface area contributed by atoms with Crippen molar-refractivity contribution in [2.45, 2.75) is 25.7 Å². The Morgan fingerprint density at radius 2 is 1.58 bits per heavy atom. The third-order valence-electron chi connectivity index (χ3n) is 4.57. The van der Waals surface area contributed by atoms with E-state index in [9.17, 15) is 9.59 Å². The molecule has 0 radical (unpaired) electrons. The topological polar surface area (TPSA) is 49.4 Å². The zero-order valence-electron chi connectivity index (χ0n) is 13.9. The Morgan fingerprint density at radius 1 is 0.958 bits per heavy atom. The van der Waals surface area contributed by atoms with Gasteiger partial charge in [-0.15, -0.1) is 0 Å². The summed E-state index contributed by atoms with van der Waals surface area (Å²) in [5.74, 6) is 0.151. The van der Waals surface area contributed by atoms with Crippen LogP contribution in [-0.4, -0.2) is 18.9 Å². The Bertz CT molecular complexity index is 704. The van der Waals surface area contributed by atoms with Crippen LogP contribution in [0.1, 0.15) is 36.0 Å². The lowest BCUT2D eigenvalue weighted by atomic mass is 10.1. The number of nitrogens with one attached hydrogen (secondary N) is 1. The highest BCUT2D eigenvalue weighted by molar-refractivity contribution is 6.06. The summed E-state index contributed by atoms with van der Waals surface area (Å²) in [4.78, 5) is 26.3. The fourth-order valence-electron chi connectivity index (χ4n) is 3.09. The molecule has 0 spiro atoms. The molecule has 4 nitrogen and oxygen atoms in total. The van der Waals surface area contributed by atoms with E-state index >= 15 is 0 Å². The predicted molar refractivity (Wildman–Crippen MR) is 96.2 cm³/mol. The molecule has 4 heteroatoms. The van der Waals surface area contributed by atoms with Gasteiger partial charge in [-0.3, -0.25) is 9.59 Å². The minimum Gasteiger partial charge on any atom is -0.326 e. The fourth-order valence-corrected chi connectivity index (χ4v) is 3.09. The third-order valence-corrected chi connectivity index (χ3v) is 4.57. The second kappa shape index (κ2) is 7.30. The lowest BCUT2D eigenvalue weighted by Gasteiger charge is -2.17. The summed E-state index contributed by atoms with van der Waals surface area (Å²) in [7, 11) is 1.76. The maximum Gasteiger partial charge on any atom is 0.258 e. The molecule has 1 fully saturated rings. The van der Waals surface area contributed by atoms with Crippen LogP contribution < -0.4 is 10.2 Å². The van der Waals surface area contributed by atoms with E-state index in [4.69, 9.17) is 0 Å². The first kappa shape index (κ1) is 16.2. The molecule has 0 aliphatic heterocycles. The molecule has 1 N–H and O–H groups in total. The van der Waals surface area contributed by atoms with Gasteiger partial charge >= 0.3 is 0 Å². The summed E-state index contributed by atoms with van der Waals surface area (Å²) in [6, 6.07) is 16.6. The van der Waals surface area contributed by atoms with Gasteiger partial charge in [-0.05, 0) is 49.2 Å². The molecule has 0 unspecified atom stereocenters. The summed E-state index contributed by atoms with van der Waals surface area (Å²) in [6.45, 7) is 0. The number of carbonyl (C=O) groups is 2. The van der Waals surface area contributed by atoms with Gasteiger partial charge in [0.15, 0.2) is 0 Å². The van der Waals surface area contributed by atoms with Crippen LogP contribution in [0.25, 0.3) is 0 Å². The van der Waals surface area contributed by atoms with Crippen molar-refractivity contribution in [3.05, 3.63) is 60.2 Å². The Balaban J connectivity index is 1.65. The number of amides is 2. The molecule has 0 heterocycles. The van der Waals surface area contributed by atoms with Crippen LogP contribution in [0.15, 0.2) is 54.6 Å². The number of nitrogens with zero attached hydrogens (tertiary/aromatic N) is 1. The van der Waals surface area contributed by atoms with Crippen molar-refractivity contribution >= 4 is 23.2 Å². The monoisotopic (exact) mass is 322 g/mol. The summed E-state index contributed by atoms with van der Waals surface area (Å²) in [5.41, 5.74) is 2.19. The van der Waals surface area contributed by atoms with E-state index in [0.717, 1.165) is 37.1 Å².